The van der Waals surface area contributed by atoms with Crippen LogP contribution in [0.1, 0.15) is 29.2 Å². The number of carbonyl (C=O) groups is 2. The molecule has 0 spiro atoms. The minimum atomic E-state index is -0.260. The van der Waals surface area contributed by atoms with Crippen molar-refractivity contribution in [2.24, 2.45) is 0 Å². The first-order valence-electron chi connectivity index (χ1n) is 10.1. The number of anilines is 1. The molecule has 0 unspecified atom stereocenters. The van der Waals surface area contributed by atoms with Crippen LogP contribution >= 0.6 is 0 Å². The van der Waals surface area contributed by atoms with Gasteiger partial charge in [-0.1, -0.05) is 37.3 Å². The van der Waals surface area contributed by atoms with E-state index in [1.54, 1.807) is 0 Å². The smallest absolute Gasteiger partial charge is 0.282 e. The van der Waals surface area contributed by atoms with Crippen molar-refractivity contribution >= 4 is 23.1 Å². The van der Waals surface area contributed by atoms with E-state index < -0.39 is 0 Å². The van der Waals surface area contributed by atoms with Crippen LogP contribution in [0.15, 0.2) is 48.2 Å². The first-order valence-corrected chi connectivity index (χ1v) is 10.1. The molecule has 0 bridgehead atoms. The van der Waals surface area contributed by atoms with Crippen LogP contribution in [0, 0.1) is 13.8 Å². The minimum Gasteiger partial charge on any atom is -0.378 e. The number of hydrogen-bond acceptors (Lipinski definition) is 4. The summed E-state index contributed by atoms with van der Waals surface area (Å²) in [6.07, 6.45) is 0.910. The Morgan fingerprint density at radius 3 is 2.21 bits per heavy atom. The van der Waals surface area contributed by atoms with Gasteiger partial charge < -0.3 is 9.64 Å². The van der Waals surface area contributed by atoms with Crippen molar-refractivity contribution in [1.82, 2.24) is 4.90 Å². The monoisotopic (exact) mass is 390 g/mol. The normalized spacial score (nSPS) is 17.5. The Labute approximate surface area is 171 Å². The molecule has 4 rings (SSSR count). The van der Waals surface area contributed by atoms with Crippen molar-refractivity contribution in [3.05, 3.63) is 70.4 Å². The van der Waals surface area contributed by atoms with Crippen LogP contribution in [0.4, 0.5) is 5.69 Å². The van der Waals surface area contributed by atoms with Crippen molar-refractivity contribution in [3.63, 3.8) is 0 Å². The quantitative estimate of drug-likeness (QED) is 0.750. The van der Waals surface area contributed by atoms with E-state index in [4.69, 9.17) is 4.74 Å². The van der Waals surface area contributed by atoms with Crippen molar-refractivity contribution in [1.29, 1.82) is 0 Å². The fraction of sp³-hybridized carbons (Fsp3) is 0.333. The average molecular weight is 390 g/mol. The maximum Gasteiger partial charge on any atom is 0.282 e. The topological polar surface area (TPSA) is 49.9 Å². The molecule has 0 radical (unpaired) electrons. The second-order valence-corrected chi connectivity index (χ2v) is 7.59. The highest BCUT2D eigenvalue weighted by molar-refractivity contribution is 6.45. The molecule has 2 amide bonds. The van der Waals surface area contributed by atoms with Gasteiger partial charge in [0.15, 0.2) is 0 Å². The van der Waals surface area contributed by atoms with E-state index in [-0.39, 0.29) is 11.8 Å². The second kappa shape index (κ2) is 7.84. The van der Waals surface area contributed by atoms with E-state index in [0.29, 0.717) is 43.3 Å². The summed E-state index contributed by atoms with van der Waals surface area (Å²) in [7, 11) is 0. The lowest BCUT2D eigenvalue weighted by Gasteiger charge is -2.29. The number of benzene rings is 2. The molecular weight excluding hydrogens is 364 g/mol. The molecular formula is C24H26N2O3. The highest BCUT2D eigenvalue weighted by atomic mass is 16.5. The van der Waals surface area contributed by atoms with Gasteiger partial charge in [0.1, 0.15) is 5.70 Å². The van der Waals surface area contributed by atoms with Crippen LogP contribution in [0.3, 0.4) is 0 Å². The van der Waals surface area contributed by atoms with Gasteiger partial charge in [0.2, 0.25) is 0 Å². The predicted octanol–water partition coefficient (Wildman–Crippen LogP) is 3.48. The number of carbonyl (C=O) groups excluding carboxylic acids is 2. The molecule has 5 heteroatoms. The van der Waals surface area contributed by atoms with Gasteiger partial charge in [-0.3, -0.25) is 9.59 Å². The molecule has 29 heavy (non-hydrogen) atoms. The molecule has 0 N–H and O–H groups in total. The zero-order valence-corrected chi connectivity index (χ0v) is 17.2. The van der Waals surface area contributed by atoms with Gasteiger partial charge in [-0.05, 0) is 54.7 Å². The third-order valence-corrected chi connectivity index (χ3v) is 5.79. The zero-order chi connectivity index (χ0) is 20.5. The van der Waals surface area contributed by atoms with Gasteiger partial charge in [-0.25, -0.2) is 4.90 Å². The highest BCUT2D eigenvalue weighted by Crippen LogP contribution is 2.35. The van der Waals surface area contributed by atoms with E-state index in [0.717, 1.165) is 23.1 Å². The van der Waals surface area contributed by atoms with Crippen LogP contribution < -0.4 is 4.90 Å². The molecule has 1 fully saturated rings. The van der Waals surface area contributed by atoms with Gasteiger partial charge in [0.05, 0.1) is 24.5 Å². The molecule has 0 saturated carbocycles. The fourth-order valence-corrected chi connectivity index (χ4v) is 3.87. The van der Waals surface area contributed by atoms with E-state index in [2.05, 4.69) is 6.92 Å². The number of morpholine rings is 1. The van der Waals surface area contributed by atoms with Gasteiger partial charge in [0.25, 0.3) is 11.8 Å². The zero-order valence-electron chi connectivity index (χ0n) is 17.2. The molecule has 5 nitrogen and oxygen atoms in total. The number of imide groups is 1. The third-order valence-electron chi connectivity index (χ3n) is 5.79. The molecule has 0 atom stereocenters. The van der Waals surface area contributed by atoms with Gasteiger partial charge in [0, 0.05) is 13.1 Å². The minimum absolute atomic E-state index is 0.255. The Kier molecular flexibility index (Phi) is 5.24. The van der Waals surface area contributed by atoms with Crippen LogP contribution in [0.25, 0.3) is 5.57 Å². The number of rotatable bonds is 4. The second-order valence-electron chi connectivity index (χ2n) is 7.59. The number of ether oxygens (including phenoxy) is 1. The summed E-state index contributed by atoms with van der Waals surface area (Å²) >= 11 is 0. The lowest BCUT2D eigenvalue weighted by molar-refractivity contribution is -0.121. The summed E-state index contributed by atoms with van der Waals surface area (Å²) in [6, 6.07) is 13.6. The SMILES string of the molecule is CCc1ccc(N2C(=O)C(c3ccc(C)c(C)c3)=C(N3CCOCC3)C2=O)cc1. The third kappa shape index (κ3) is 3.47. The van der Waals surface area contributed by atoms with Crippen molar-refractivity contribution < 1.29 is 14.3 Å². The summed E-state index contributed by atoms with van der Waals surface area (Å²) in [5, 5.41) is 0. The molecule has 0 aliphatic carbocycles. The largest absolute Gasteiger partial charge is 0.378 e. The van der Waals surface area contributed by atoms with E-state index >= 15 is 0 Å². The Balaban J connectivity index is 1.81. The van der Waals surface area contributed by atoms with E-state index in [1.165, 1.54) is 10.5 Å². The predicted molar refractivity (Wildman–Crippen MR) is 114 cm³/mol. The Morgan fingerprint density at radius 2 is 1.59 bits per heavy atom. The standard InChI is InChI=1S/C24H26N2O3/c1-4-18-6-9-20(10-7-18)26-23(27)21(19-8-5-16(2)17(3)15-19)22(24(26)28)25-11-13-29-14-12-25/h5-10,15H,4,11-14H2,1-3H3. The van der Waals surface area contributed by atoms with Crippen molar-refractivity contribution in [2.45, 2.75) is 27.2 Å². The molecule has 150 valence electrons. The van der Waals surface area contributed by atoms with Gasteiger partial charge in [-0.15, -0.1) is 0 Å². The maximum absolute atomic E-state index is 13.5. The van der Waals surface area contributed by atoms with Crippen LogP contribution in [0.2, 0.25) is 0 Å². The summed E-state index contributed by atoms with van der Waals surface area (Å²) in [5.74, 6) is -0.515. The first kappa shape index (κ1) is 19.4. The van der Waals surface area contributed by atoms with Crippen LogP contribution in [-0.2, 0) is 20.7 Å². The summed E-state index contributed by atoms with van der Waals surface area (Å²) in [6.45, 7) is 8.45. The number of amides is 2. The fourth-order valence-electron chi connectivity index (χ4n) is 3.87. The number of nitrogens with zero attached hydrogens (tertiary/aromatic N) is 2. The summed E-state index contributed by atoms with van der Waals surface area (Å²) in [5.41, 5.74) is 5.81. The highest BCUT2D eigenvalue weighted by Gasteiger charge is 2.42. The molecule has 0 aromatic heterocycles. The Morgan fingerprint density at radius 1 is 0.897 bits per heavy atom. The van der Waals surface area contributed by atoms with E-state index in [1.807, 2.05) is 61.2 Å². The number of aryl methyl sites for hydroxylation is 3. The molecule has 2 aliphatic heterocycles. The Bertz CT molecular complexity index is 986. The first-order chi connectivity index (χ1) is 14.0. The lowest BCUT2D eigenvalue weighted by atomic mass is 9.99. The van der Waals surface area contributed by atoms with E-state index in [9.17, 15) is 9.59 Å². The van der Waals surface area contributed by atoms with Gasteiger partial charge >= 0.3 is 0 Å². The van der Waals surface area contributed by atoms with Crippen molar-refractivity contribution in [2.75, 3.05) is 31.2 Å². The summed E-state index contributed by atoms with van der Waals surface area (Å²) in [4.78, 5) is 30.3. The molecule has 2 aliphatic rings. The maximum atomic E-state index is 13.5. The average Bonchev–Trinajstić information content (AvgIpc) is 3.01. The molecule has 2 aromatic carbocycles. The number of hydrogen-bond donors (Lipinski definition) is 0. The summed E-state index contributed by atoms with van der Waals surface area (Å²) < 4.78 is 5.46. The van der Waals surface area contributed by atoms with Gasteiger partial charge in [-0.2, -0.15) is 0 Å². The molecule has 1 saturated heterocycles. The molecule has 2 heterocycles. The Hall–Kier alpha value is -2.92. The van der Waals surface area contributed by atoms with Crippen molar-refractivity contribution in [3.8, 4) is 0 Å². The van der Waals surface area contributed by atoms with Crippen LogP contribution in [0.5, 0.6) is 0 Å². The lowest BCUT2D eigenvalue weighted by Crippen LogP contribution is -2.40. The molecule has 2 aromatic rings. The van der Waals surface area contributed by atoms with Crippen LogP contribution in [-0.4, -0.2) is 43.0 Å².